The molecule has 0 amide bonds. The molecule has 27 heteroatoms. The van der Waals surface area contributed by atoms with Gasteiger partial charge in [-0.15, -0.1) is 0 Å². The van der Waals surface area contributed by atoms with Gasteiger partial charge in [-0.2, -0.15) is 0 Å². The van der Waals surface area contributed by atoms with Crippen LogP contribution in [0.4, 0.5) is 0 Å². The number of rotatable bonds is 16. The van der Waals surface area contributed by atoms with Crippen LogP contribution in [0.25, 0.3) is 0 Å². The maximum absolute atomic E-state index is 14.7. The van der Waals surface area contributed by atoms with Crippen LogP contribution >= 0.6 is 0 Å². The second kappa shape index (κ2) is 24.9. The normalized spacial score (nSPS) is 48.9. The number of esters is 2. The fourth-order valence-electron chi connectivity index (χ4n) is 16.3. The van der Waals surface area contributed by atoms with E-state index in [9.17, 15) is 63.4 Å². The molecule has 0 aromatic rings. The Labute approximate surface area is 500 Å². The van der Waals surface area contributed by atoms with Crippen molar-refractivity contribution in [1.82, 2.24) is 0 Å². The van der Waals surface area contributed by atoms with Gasteiger partial charge in [0.15, 0.2) is 25.2 Å². The Morgan fingerprint density at radius 1 is 0.780 bits per heavy atom. The molecule has 5 heterocycles. The molecular weight excluding hydrogens is 1120 g/mol. The van der Waals surface area contributed by atoms with Crippen molar-refractivity contribution in [2.75, 3.05) is 26.9 Å². The van der Waals surface area contributed by atoms with Crippen LogP contribution in [0.5, 0.6) is 0 Å². The summed E-state index contributed by atoms with van der Waals surface area (Å²) in [6, 6.07) is 0. The van der Waals surface area contributed by atoms with E-state index in [-0.39, 0.29) is 65.3 Å². The summed E-state index contributed by atoms with van der Waals surface area (Å²) >= 11 is 0. The summed E-state index contributed by atoms with van der Waals surface area (Å²) < 4.78 is 106. The number of fused-ring (bicyclic) bond motifs is 4. The molecule has 5 saturated heterocycles. The van der Waals surface area contributed by atoms with Crippen LogP contribution in [0, 0.1) is 39.4 Å². The van der Waals surface area contributed by atoms with Gasteiger partial charge in [-0.25, -0.2) is 8.42 Å². The molecule has 0 radical (unpaired) electrons. The number of allylic oxidation sites excluding steroid dienone is 4. The molecule has 82 heavy (non-hydrogen) atoms. The Morgan fingerprint density at radius 3 is 2.07 bits per heavy atom. The molecule has 3 saturated carbocycles. The number of methoxy groups -OCH3 is 1. The van der Waals surface area contributed by atoms with Gasteiger partial charge in [0.2, 0.25) is 10.4 Å². The van der Waals surface area contributed by atoms with Gasteiger partial charge in [0, 0.05) is 19.4 Å². The van der Waals surface area contributed by atoms with Crippen LogP contribution in [0.1, 0.15) is 114 Å². The zero-order chi connectivity index (χ0) is 59.3. The third-order valence-corrected chi connectivity index (χ3v) is 20.6. The largest absolute Gasteiger partial charge is 1.00 e. The van der Waals surface area contributed by atoms with Crippen molar-refractivity contribution in [3.8, 4) is 0 Å². The second-order valence-electron chi connectivity index (χ2n) is 25.6. The van der Waals surface area contributed by atoms with Crippen molar-refractivity contribution >= 4 is 22.3 Å². The molecule has 0 aromatic carbocycles. The van der Waals surface area contributed by atoms with E-state index in [1.165, 1.54) is 26.5 Å². The monoisotopic (exact) mass is 1200 g/mol. The van der Waals surface area contributed by atoms with Crippen molar-refractivity contribution in [1.29, 1.82) is 0 Å². The third kappa shape index (κ3) is 11.8. The van der Waals surface area contributed by atoms with E-state index in [1.54, 1.807) is 0 Å². The standard InChI is InChI=1S/C55H86O25S.Na/c1-24(2)12-11-17-54(9)45-30(73-26(4)57)20-53(8)28-13-14-33-51(5,6)34(16-18-52(33,7)27(28)15-19-55(45,53)50(65)79-54)75-49-44(36(60)32(23-71-49)80-81(66,67)68)78-47-38(62)37(61)41(25(3)72-47)76-48-40(64)43(35(59)31(21-56)74-48)77-46-39(63)42(69-10)29(58)22-70-46;/h12-13,25,27,29-49,56,58-64H,11,14-23H2,1-10H3,(H,66,67,68);/q;+1/p-1/t25-,27-,29-,30+,31-,32-,33+,34+,35-,36+,37-,38-,39-,40-,41-,42+,43+,44-,45-,46+,47+,48+,49+,52-,53+,54+,55-;/m1./s1. The number of aliphatic hydroxyl groups excluding tert-OH is 8. The summed E-state index contributed by atoms with van der Waals surface area (Å²) in [6.45, 7) is 15.7. The van der Waals surface area contributed by atoms with Gasteiger partial charge >= 0.3 is 41.5 Å². The van der Waals surface area contributed by atoms with Crippen LogP contribution in [-0.4, -0.2) is 221 Å². The van der Waals surface area contributed by atoms with Gasteiger partial charge in [0.1, 0.15) is 91.1 Å². The van der Waals surface area contributed by atoms with E-state index in [2.05, 4.69) is 44.0 Å². The topological polar surface area (TPSA) is 364 Å². The maximum Gasteiger partial charge on any atom is 1.00 e. The Morgan fingerprint density at radius 2 is 1.43 bits per heavy atom. The molecule has 27 atom stereocenters. The SMILES string of the molecule is CO[C@@H]1[C@@H](O)[C@H](O[C@@H]2[C@@H](O)[C@H](O[C@H]3[C@H](O)[C@@H](O)[C@H](O[C@H]4[C@H](O[C@H]5CC[C@]6(C)[C@@H]7CC[C@]89C(=O)O[C@@](C)(CCC=C(C)C)[C@H]8[C@@H](OC(C)=O)C[C@@]9(C)C7=CC[C@H]6C5(C)C)OC[C@@H](OS(=O)(=O)[O-])[C@@H]4O)O[C@@H]3C)O[C@H](CO)[C@H]2O)OC[C@H]1O.[Na+]. The molecule has 0 aromatic heterocycles. The predicted molar refractivity (Wildman–Crippen MR) is 274 cm³/mol. The van der Waals surface area contributed by atoms with E-state index < -0.39 is 174 Å². The molecule has 25 nitrogen and oxygen atoms in total. The van der Waals surface area contributed by atoms with E-state index >= 15 is 0 Å². The van der Waals surface area contributed by atoms with Crippen LogP contribution in [0.3, 0.4) is 0 Å². The smallest absolute Gasteiger partial charge is 0.726 e. The Kier molecular flexibility index (Phi) is 20.2. The van der Waals surface area contributed by atoms with Gasteiger partial charge in [0.25, 0.3) is 0 Å². The van der Waals surface area contributed by atoms with E-state index in [1.807, 2.05) is 20.8 Å². The minimum absolute atomic E-state index is 0. The third-order valence-electron chi connectivity index (χ3n) is 20.2. The first-order valence-corrected chi connectivity index (χ1v) is 29.7. The molecule has 8 N–H and O–H groups in total. The summed E-state index contributed by atoms with van der Waals surface area (Å²) in [7, 11) is -4.17. The molecule has 5 aliphatic heterocycles. The molecule has 9 rings (SSSR count). The number of aliphatic hydroxyl groups is 8. The zero-order valence-electron chi connectivity index (χ0n) is 48.6. The van der Waals surface area contributed by atoms with Crippen LogP contribution in [0.15, 0.2) is 23.3 Å². The van der Waals surface area contributed by atoms with Crippen LogP contribution < -0.4 is 29.6 Å². The number of ether oxygens (including phenoxy) is 11. The summed E-state index contributed by atoms with van der Waals surface area (Å²) in [6.07, 6.45) is -21.7. The molecule has 1 spiro atoms. The van der Waals surface area contributed by atoms with Gasteiger partial charge in [-0.1, -0.05) is 51.0 Å². The van der Waals surface area contributed by atoms with Gasteiger partial charge in [-0.05, 0) is 102 Å². The Balaban J connectivity index is 0.00000880. The summed E-state index contributed by atoms with van der Waals surface area (Å²) in [5.41, 5.74) is -1.08. The fraction of sp³-hybridized carbons (Fsp3) is 0.891. The average Bonchev–Trinajstić information content (AvgIpc) is 1.76. The number of carbonyl (C=O) groups excluding carboxylic acids is 2. The van der Waals surface area contributed by atoms with Crippen molar-refractivity contribution in [2.24, 2.45) is 39.4 Å². The Hall–Kier alpha value is -1.39. The molecule has 4 aliphatic carbocycles. The van der Waals surface area contributed by atoms with E-state index in [4.69, 9.17) is 52.1 Å². The quantitative estimate of drug-likeness (QED) is 0.0256. The summed E-state index contributed by atoms with van der Waals surface area (Å²) in [5.74, 6) is -1.00. The van der Waals surface area contributed by atoms with E-state index in [0.29, 0.717) is 51.4 Å². The zero-order valence-corrected chi connectivity index (χ0v) is 51.5. The molecule has 8 fully saturated rings. The van der Waals surface area contributed by atoms with Crippen LogP contribution in [0.2, 0.25) is 0 Å². The minimum atomic E-state index is -5.42. The van der Waals surface area contributed by atoms with Gasteiger partial charge < -0.3 is 97.5 Å². The average molecular weight is 1200 g/mol. The summed E-state index contributed by atoms with van der Waals surface area (Å²) in [4.78, 5) is 27.4. The second-order valence-corrected chi connectivity index (χ2v) is 26.6. The first-order chi connectivity index (χ1) is 37.9. The van der Waals surface area contributed by atoms with Crippen molar-refractivity contribution < 1.29 is 149 Å². The van der Waals surface area contributed by atoms with Gasteiger partial charge in [0.05, 0.1) is 43.4 Å². The van der Waals surface area contributed by atoms with Crippen LogP contribution in [-0.2, 0) is 76.3 Å². The molecule has 462 valence electrons. The molecule has 9 aliphatic rings. The first-order valence-electron chi connectivity index (χ1n) is 28.3. The van der Waals surface area contributed by atoms with Gasteiger partial charge in [-0.3, -0.25) is 13.8 Å². The molecular formula is C55H85NaO25S. The number of carbonyl (C=O) groups is 2. The first kappa shape index (κ1) is 66.6. The maximum atomic E-state index is 14.7. The van der Waals surface area contributed by atoms with E-state index in [0.717, 1.165) is 5.57 Å². The molecule has 0 bridgehead atoms. The van der Waals surface area contributed by atoms with Crippen molar-refractivity contribution in [3.63, 3.8) is 0 Å². The minimum Gasteiger partial charge on any atom is -0.726 e. The number of hydrogen-bond donors (Lipinski definition) is 8. The van der Waals surface area contributed by atoms with Crippen molar-refractivity contribution in [3.05, 3.63) is 23.3 Å². The predicted octanol–water partition coefficient (Wildman–Crippen LogP) is -2.72. The Bertz CT molecular complexity index is 2460. The fourth-order valence-corrected chi connectivity index (χ4v) is 16.8. The summed E-state index contributed by atoms with van der Waals surface area (Å²) in [5, 5.41) is 88.7. The number of hydrogen-bond acceptors (Lipinski definition) is 25. The molecule has 0 unspecified atom stereocenters. The number of cyclic esters (lactones) is 1. The van der Waals surface area contributed by atoms with Crippen molar-refractivity contribution in [2.45, 2.75) is 242 Å².